The van der Waals surface area contributed by atoms with E-state index < -0.39 is 0 Å². The van der Waals surface area contributed by atoms with Crippen molar-refractivity contribution in [3.05, 3.63) is 45.6 Å². The van der Waals surface area contributed by atoms with Crippen LogP contribution in [0.4, 0.5) is 4.79 Å². The van der Waals surface area contributed by atoms with Gasteiger partial charge in [0.05, 0.1) is 19.3 Å². The zero-order chi connectivity index (χ0) is 23.7. The number of ether oxygens (including phenoxy) is 3. The lowest BCUT2D eigenvalue weighted by Crippen LogP contribution is -2.54. The molecule has 184 valence electrons. The Morgan fingerprint density at radius 1 is 1.26 bits per heavy atom. The van der Waals surface area contributed by atoms with E-state index in [1.54, 1.807) is 36.3 Å². The zero-order valence-corrected chi connectivity index (χ0v) is 21.3. The minimum Gasteiger partial charge on any atom is -0.497 e. The Bertz CT molecular complexity index is 1000. The number of nitrogens with zero attached hydrogens (tertiary/aromatic N) is 1. The summed E-state index contributed by atoms with van der Waals surface area (Å²) >= 11 is 1.99. The standard InChI is InChI=1S/C27H36N2O4S/c1-4-23-15-24-25(34-23)9-12-32-27(24)10-11-29(18(2)16-27)17-19-13-20(14-19)28-26(30)33-22-7-5-21(31-3)6-8-22/h5-8,15,18-20H,4,9-14,16-17H2,1-3H3,(H,28,30)/t18-,19?,20?,27+/m0/s1. The van der Waals surface area contributed by atoms with Gasteiger partial charge >= 0.3 is 6.09 Å². The lowest BCUT2D eigenvalue weighted by Gasteiger charge is -2.49. The summed E-state index contributed by atoms with van der Waals surface area (Å²) in [6.45, 7) is 7.62. The van der Waals surface area contributed by atoms with Crippen molar-refractivity contribution in [1.82, 2.24) is 10.2 Å². The molecular weight excluding hydrogens is 448 g/mol. The van der Waals surface area contributed by atoms with Crippen LogP contribution in [0.2, 0.25) is 0 Å². The van der Waals surface area contributed by atoms with E-state index >= 15 is 0 Å². The number of hydrogen-bond donors (Lipinski definition) is 1. The van der Waals surface area contributed by atoms with E-state index in [4.69, 9.17) is 14.2 Å². The number of aryl methyl sites for hydroxylation is 1. The summed E-state index contributed by atoms with van der Waals surface area (Å²) in [4.78, 5) is 17.9. The number of thiophene rings is 1. The third-order valence-corrected chi connectivity index (χ3v) is 9.12. The van der Waals surface area contributed by atoms with Crippen LogP contribution in [-0.4, -0.2) is 49.9 Å². The van der Waals surface area contributed by atoms with Crippen LogP contribution in [0.15, 0.2) is 30.3 Å². The Morgan fingerprint density at radius 2 is 2.03 bits per heavy atom. The van der Waals surface area contributed by atoms with E-state index in [0.717, 1.165) is 64.0 Å². The second kappa shape index (κ2) is 9.88. The lowest BCUT2D eigenvalue weighted by atomic mass is 9.76. The number of fused-ring (bicyclic) bond motifs is 2. The molecule has 5 rings (SSSR count). The van der Waals surface area contributed by atoms with Crippen LogP contribution in [0.1, 0.15) is 54.8 Å². The molecule has 1 saturated carbocycles. The van der Waals surface area contributed by atoms with Crippen LogP contribution in [0.3, 0.4) is 0 Å². The highest BCUT2D eigenvalue weighted by atomic mass is 32.1. The number of nitrogens with one attached hydrogen (secondary N) is 1. The smallest absolute Gasteiger partial charge is 0.412 e. The summed E-state index contributed by atoms with van der Waals surface area (Å²) in [6, 6.07) is 10.2. The van der Waals surface area contributed by atoms with Crippen molar-refractivity contribution in [3.8, 4) is 11.5 Å². The Morgan fingerprint density at radius 3 is 2.74 bits per heavy atom. The highest BCUT2D eigenvalue weighted by Gasteiger charge is 2.45. The molecule has 2 fully saturated rings. The molecule has 1 aliphatic carbocycles. The number of piperidine rings is 1. The van der Waals surface area contributed by atoms with Gasteiger partial charge in [-0.2, -0.15) is 0 Å². The SMILES string of the molecule is CCc1cc2c(s1)CCO[C@@]21CCN(CC2CC(NC(=O)Oc3ccc(OC)cc3)C2)[C@@H](C)C1. The molecule has 2 aliphatic heterocycles. The minimum atomic E-state index is -0.380. The first-order valence-corrected chi connectivity index (χ1v) is 13.4. The van der Waals surface area contributed by atoms with Crippen molar-refractivity contribution in [2.75, 3.05) is 26.8 Å². The largest absolute Gasteiger partial charge is 0.497 e. The molecule has 0 radical (unpaired) electrons. The molecular formula is C27H36N2O4S. The topological polar surface area (TPSA) is 60.0 Å². The number of carbonyl (C=O) groups excluding carboxylic acids is 1. The second-order valence-corrected chi connectivity index (χ2v) is 11.3. The van der Waals surface area contributed by atoms with Crippen molar-refractivity contribution in [2.45, 2.75) is 70.1 Å². The molecule has 1 N–H and O–H groups in total. The quantitative estimate of drug-likeness (QED) is 0.615. The minimum absolute atomic E-state index is 0.0810. The second-order valence-electron chi connectivity index (χ2n) is 10.0. The maximum Gasteiger partial charge on any atom is 0.412 e. The molecule has 7 heteroatoms. The van der Waals surface area contributed by atoms with Crippen molar-refractivity contribution in [3.63, 3.8) is 0 Å². The van der Waals surface area contributed by atoms with E-state index in [1.807, 2.05) is 11.3 Å². The first-order valence-electron chi connectivity index (χ1n) is 12.6. The molecule has 1 amide bonds. The van der Waals surface area contributed by atoms with E-state index in [0.29, 0.717) is 17.7 Å². The summed E-state index contributed by atoms with van der Waals surface area (Å²) in [7, 11) is 1.61. The van der Waals surface area contributed by atoms with Crippen LogP contribution in [0, 0.1) is 5.92 Å². The first kappa shape index (κ1) is 23.6. The predicted octanol–water partition coefficient (Wildman–Crippen LogP) is 5.14. The zero-order valence-electron chi connectivity index (χ0n) is 20.5. The van der Waals surface area contributed by atoms with Crippen molar-refractivity contribution < 1.29 is 19.0 Å². The highest BCUT2D eigenvalue weighted by Crippen LogP contribution is 2.46. The van der Waals surface area contributed by atoms with Gasteiger partial charge in [0.1, 0.15) is 11.5 Å². The van der Waals surface area contributed by atoms with Gasteiger partial charge in [-0.25, -0.2) is 4.79 Å². The van der Waals surface area contributed by atoms with Gasteiger partial charge < -0.3 is 24.4 Å². The third kappa shape index (κ3) is 4.83. The molecule has 3 aliphatic rings. The van der Waals surface area contributed by atoms with Crippen LogP contribution in [-0.2, 0) is 23.2 Å². The molecule has 2 atom stereocenters. The highest BCUT2D eigenvalue weighted by molar-refractivity contribution is 7.12. The van der Waals surface area contributed by atoms with Gasteiger partial charge in [-0.05, 0) is 80.8 Å². The number of rotatable bonds is 6. The monoisotopic (exact) mass is 484 g/mol. The van der Waals surface area contributed by atoms with Crippen LogP contribution in [0.25, 0.3) is 0 Å². The van der Waals surface area contributed by atoms with Gasteiger partial charge in [0.15, 0.2) is 0 Å². The number of benzene rings is 1. The molecule has 3 heterocycles. The number of hydrogen-bond acceptors (Lipinski definition) is 6. The number of likely N-dealkylation sites (tertiary alicyclic amines) is 1. The van der Waals surface area contributed by atoms with Gasteiger partial charge in [0, 0.05) is 41.3 Å². The first-order chi connectivity index (χ1) is 16.5. The average molecular weight is 485 g/mol. The van der Waals surface area contributed by atoms with Crippen LogP contribution in [0.5, 0.6) is 11.5 Å². The average Bonchev–Trinajstić information content (AvgIpc) is 3.25. The summed E-state index contributed by atoms with van der Waals surface area (Å²) in [5.74, 6) is 1.89. The van der Waals surface area contributed by atoms with Crippen LogP contribution >= 0.6 is 11.3 Å². The molecule has 1 spiro atoms. The van der Waals surface area contributed by atoms with Gasteiger partial charge in [0.2, 0.25) is 0 Å². The third-order valence-electron chi connectivity index (χ3n) is 7.78. The van der Waals surface area contributed by atoms with Gasteiger partial charge in [-0.1, -0.05) is 6.92 Å². The van der Waals surface area contributed by atoms with Gasteiger partial charge in [-0.15, -0.1) is 11.3 Å². The molecule has 1 aromatic carbocycles. The Balaban J connectivity index is 1.08. The normalized spacial score (nSPS) is 28.7. The Kier molecular flexibility index (Phi) is 6.87. The summed E-state index contributed by atoms with van der Waals surface area (Å²) in [6.07, 6.45) is 5.97. The van der Waals surface area contributed by atoms with E-state index in [-0.39, 0.29) is 17.7 Å². The van der Waals surface area contributed by atoms with Crippen molar-refractivity contribution >= 4 is 17.4 Å². The fourth-order valence-electron chi connectivity index (χ4n) is 5.83. The molecule has 0 bridgehead atoms. The molecule has 1 aromatic heterocycles. The number of methoxy groups -OCH3 is 1. The summed E-state index contributed by atoms with van der Waals surface area (Å²) < 4.78 is 17.0. The van der Waals surface area contributed by atoms with E-state index in [2.05, 4.69) is 30.1 Å². The number of carbonyl (C=O) groups is 1. The van der Waals surface area contributed by atoms with Crippen LogP contribution < -0.4 is 14.8 Å². The summed E-state index contributed by atoms with van der Waals surface area (Å²) in [5.41, 5.74) is 1.40. The van der Waals surface area contributed by atoms with E-state index in [9.17, 15) is 4.79 Å². The molecule has 2 aromatic rings. The molecule has 1 saturated heterocycles. The van der Waals surface area contributed by atoms with Gasteiger partial charge in [0.25, 0.3) is 0 Å². The molecule has 0 unspecified atom stereocenters. The predicted molar refractivity (Wildman–Crippen MR) is 134 cm³/mol. The van der Waals surface area contributed by atoms with Crippen molar-refractivity contribution in [1.29, 1.82) is 0 Å². The molecule has 6 nitrogen and oxygen atoms in total. The lowest BCUT2D eigenvalue weighted by molar-refractivity contribution is -0.114. The summed E-state index contributed by atoms with van der Waals surface area (Å²) in [5, 5.41) is 3.01. The Hall–Kier alpha value is -2.09. The fourth-order valence-corrected chi connectivity index (χ4v) is 7.01. The van der Waals surface area contributed by atoms with Crippen molar-refractivity contribution in [2.24, 2.45) is 5.92 Å². The number of amides is 1. The van der Waals surface area contributed by atoms with E-state index in [1.165, 1.54) is 10.4 Å². The molecule has 34 heavy (non-hydrogen) atoms. The Labute approximate surface area is 206 Å². The maximum absolute atomic E-state index is 12.2. The van der Waals surface area contributed by atoms with Gasteiger partial charge in [-0.3, -0.25) is 0 Å². The fraction of sp³-hybridized carbons (Fsp3) is 0.593. The maximum atomic E-state index is 12.2.